The highest BCUT2D eigenvalue weighted by molar-refractivity contribution is 6.31. The van der Waals surface area contributed by atoms with Gasteiger partial charge in [-0.1, -0.05) is 11.6 Å². The van der Waals surface area contributed by atoms with E-state index < -0.39 is 4.92 Å². The van der Waals surface area contributed by atoms with Gasteiger partial charge in [0.2, 0.25) is 0 Å². The van der Waals surface area contributed by atoms with Crippen LogP contribution in [-0.2, 0) is 0 Å². The van der Waals surface area contributed by atoms with Gasteiger partial charge in [-0.2, -0.15) is 10.5 Å². The molecule has 0 amide bonds. The molecule has 18 heavy (non-hydrogen) atoms. The average Bonchev–Trinajstić information content (AvgIpc) is 2.34. The second kappa shape index (κ2) is 5.67. The van der Waals surface area contributed by atoms with Crippen LogP contribution in [0, 0.1) is 39.7 Å². The summed E-state index contributed by atoms with van der Waals surface area (Å²) in [6.07, 6.45) is 1.09. The lowest BCUT2D eigenvalue weighted by atomic mass is 10.2. The third-order valence-corrected chi connectivity index (χ3v) is 2.49. The SMILES string of the molecule is Cc1cc([N+](=O)[O-])c(NC=C(C#N)C#N)cc1Cl. The predicted molar refractivity (Wildman–Crippen MR) is 65.8 cm³/mol. The number of nitrogens with zero attached hydrogens (tertiary/aromatic N) is 3. The van der Waals surface area contributed by atoms with Crippen molar-refractivity contribution in [3.63, 3.8) is 0 Å². The molecule has 0 heterocycles. The van der Waals surface area contributed by atoms with Crippen LogP contribution in [0.1, 0.15) is 5.56 Å². The summed E-state index contributed by atoms with van der Waals surface area (Å²) in [5, 5.41) is 30.8. The lowest BCUT2D eigenvalue weighted by Gasteiger charge is -2.05. The molecule has 1 aromatic carbocycles. The molecule has 0 aromatic heterocycles. The van der Waals surface area contributed by atoms with E-state index in [1.165, 1.54) is 12.1 Å². The van der Waals surface area contributed by atoms with Gasteiger partial charge in [0, 0.05) is 17.3 Å². The molecule has 0 radical (unpaired) electrons. The molecule has 0 atom stereocenters. The molecule has 0 aliphatic rings. The summed E-state index contributed by atoms with van der Waals surface area (Å²) in [6, 6.07) is 5.95. The molecule has 0 aliphatic heterocycles. The second-order valence-electron chi connectivity index (χ2n) is 3.30. The molecular formula is C11H7ClN4O2. The van der Waals surface area contributed by atoms with Gasteiger partial charge in [-0.15, -0.1) is 0 Å². The maximum Gasteiger partial charge on any atom is 0.293 e. The minimum atomic E-state index is -0.572. The first kappa shape index (κ1) is 13.5. The molecule has 0 saturated heterocycles. The Balaban J connectivity index is 3.21. The standard InChI is InChI=1S/C11H7ClN4O2/c1-7-2-11(16(17)18)10(3-9(7)12)15-6-8(4-13)5-14/h2-3,6,15H,1H3. The molecule has 7 heteroatoms. The van der Waals surface area contributed by atoms with E-state index in [0.717, 1.165) is 6.20 Å². The number of nitriles is 2. The number of hydrogen-bond donors (Lipinski definition) is 1. The van der Waals surface area contributed by atoms with Crippen molar-refractivity contribution in [3.05, 3.63) is 44.6 Å². The van der Waals surface area contributed by atoms with Crippen LogP contribution in [-0.4, -0.2) is 4.92 Å². The van der Waals surface area contributed by atoms with Gasteiger partial charge in [0.1, 0.15) is 23.4 Å². The number of halogens is 1. The average molecular weight is 263 g/mol. The van der Waals surface area contributed by atoms with Gasteiger partial charge >= 0.3 is 0 Å². The van der Waals surface area contributed by atoms with E-state index in [2.05, 4.69) is 5.32 Å². The van der Waals surface area contributed by atoms with Crippen LogP contribution in [0.25, 0.3) is 0 Å². The molecule has 0 saturated carbocycles. The quantitative estimate of drug-likeness (QED) is 0.512. The summed E-state index contributed by atoms with van der Waals surface area (Å²) < 4.78 is 0. The van der Waals surface area contributed by atoms with Gasteiger partial charge in [0.15, 0.2) is 0 Å². The normalized spacial score (nSPS) is 8.89. The monoisotopic (exact) mass is 262 g/mol. The zero-order chi connectivity index (χ0) is 13.7. The summed E-state index contributed by atoms with van der Waals surface area (Å²) in [6.45, 7) is 1.64. The van der Waals surface area contributed by atoms with E-state index in [1.54, 1.807) is 19.1 Å². The van der Waals surface area contributed by atoms with Crippen LogP contribution in [0.5, 0.6) is 0 Å². The fraction of sp³-hybridized carbons (Fsp3) is 0.0909. The Morgan fingerprint density at radius 2 is 2.11 bits per heavy atom. The third kappa shape index (κ3) is 2.97. The maximum atomic E-state index is 10.8. The van der Waals surface area contributed by atoms with Crippen molar-refractivity contribution in [2.45, 2.75) is 6.92 Å². The number of hydrogen-bond acceptors (Lipinski definition) is 5. The topological polar surface area (TPSA) is 103 Å². The largest absolute Gasteiger partial charge is 0.354 e. The molecule has 0 spiro atoms. The van der Waals surface area contributed by atoms with E-state index in [1.807, 2.05) is 0 Å². The van der Waals surface area contributed by atoms with Crippen LogP contribution in [0.4, 0.5) is 11.4 Å². The Morgan fingerprint density at radius 3 is 2.61 bits per heavy atom. The first-order valence-electron chi connectivity index (χ1n) is 4.71. The number of nitro groups is 1. The van der Waals surface area contributed by atoms with E-state index >= 15 is 0 Å². The summed E-state index contributed by atoms with van der Waals surface area (Å²) in [4.78, 5) is 10.3. The highest BCUT2D eigenvalue weighted by Crippen LogP contribution is 2.30. The molecule has 0 bridgehead atoms. The lowest BCUT2D eigenvalue weighted by molar-refractivity contribution is -0.384. The van der Waals surface area contributed by atoms with Gasteiger partial charge in [-0.25, -0.2) is 0 Å². The molecule has 0 aliphatic carbocycles. The van der Waals surface area contributed by atoms with Gasteiger partial charge in [0.25, 0.3) is 5.69 Å². The Bertz CT molecular complexity index is 595. The Kier molecular flexibility index (Phi) is 4.25. The Labute approximate surface area is 108 Å². The minimum absolute atomic E-state index is 0.124. The van der Waals surface area contributed by atoms with E-state index in [-0.39, 0.29) is 16.9 Å². The number of rotatable bonds is 3. The Hall–Kier alpha value is -2.57. The summed E-state index contributed by atoms with van der Waals surface area (Å²) >= 11 is 5.86. The fourth-order valence-corrected chi connectivity index (χ4v) is 1.34. The highest BCUT2D eigenvalue weighted by atomic mass is 35.5. The first-order valence-corrected chi connectivity index (χ1v) is 5.08. The van der Waals surface area contributed by atoms with E-state index in [9.17, 15) is 10.1 Å². The van der Waals surface area contributed by atoms with Crippen molar-refractivity contribution in [3.8, 4) is 12.1 Å². The van der Waals surface area contributed by atoms with Crippen LogP contribution in [0.15, 0.2) is 23.9 Å². The van der Waals surface area contributed by atoms with Crippen LogP contribution >= 0.6 is 11.6 Å². The lowest BCUT2D eigenvalue weighted by Crippen LogP contribution is -1.98. The van der Waals surface area contributed by atoms with Crippen molar-refractivity contribution in [1.82, 2.24) is 0 Å². The minimum Gasteiger partial charge on any atom is -0.354 e. The molecule has 1 aromatic rings. The van der Waals surface area contributed by atoms with Crippen molar-refractivity contribution in [2.24, 2.45) is 0 Å². The van der Waals surface area contributed by atoms with Crippen molar-refractivity contribution >= 4 is 23.0 Å². The molecule has 0 fully saturated rings. The zero-order valence-corrected chi connectivity index (χ0v) is 10.0. The van der Waals surface area contributed by atoms with Crippen LogP contribution in [0.2, 0.25) is 5.02 Å². The number of anilines is 1. The maximum absolute atomic E-state index is 10.8. The molecule has 1 rings (SSSR count). The molecule has 1 N–H and O–H groups in total. The highest BCUT2D eigenvalue weighted by Gasteiger charge is 2.15. The predicted octanol–water partition coefficient (Wildman–Crippen LogP) is 2.90. The van der Waals surface area contributed by atoms with Gasteiger partial charge in [0.05, 0.1) is 4.92 Å². The zero-order valence-electron chi connectivity index (χ0n) is 9.27. The number of nitrogens with one attached hydrogen (secondary N) is 1. The Morgan fingerprint density at radius 1 is 1.50 bits per heavy atom. The summed E-state index contributed by atoms with van der Waals surface area (Å²) in [5.74, 6) is 0. The molecule has 0 unspecified atom stereocenters. The number of aryl methyl sites for hydroxylation is 1. The number of allylic oxidation sites excluding steroid dienone is 1. The summed E-state index contributed by atoms with van der Waals surface area (Å²) in [7, 11) is 0. The van der Waals surface area contributed by atoms with E-state index in [4.69, 9.17) is 22.1 Å². The molecule has 90 valence electrons. The van der Waals surface area contributed by atoms with Crippen molar-refractivity contribution in [2.75, 3.05) is 5.32 Å². The van der Waals surface area contributed by atoms with Gasteiger partial charge < -0.3 is 5.32 Å². The van der Waals surface area contributed by atoms with Crippen molar-refractivity contribution in [1.29, 1.82) is 10.5 Å². The number of benzene rings is 1. The van der Waals surface area contributed by atoms with E-state index in [0.29, 0.717) is 10.6 Å². The third-order valence-electron chi connectivity index (χ3n) is 2.09. The fourth-order valence-electron chi connectivity index (χ4n) is 1.17. The second-order valence-corrected chi connectivity index (χ2v) is 3.71. The molecule has 6 nitrogen and oxygen atoms in total. The number of nitro benzene ring substituents is 1. The van der Waals surface area contributed by atoms with Gasteiger partial charge in [-0.05, 0) is 18.6 Å². The van der Waals surface area contributed by atoms with Gasteiger partial charge in [-0.3, -0.25) is 10.1 Å². The van der Waals surface area contributed by atoms with Crippen LogP contribution < -0.4 is 5.32 Å². The molecular weight excluding hydrogens is 256 g/mol. The summed E-state index contributed by atoms with van der Waals surface area (Å²) in [5.41, 5.74) is 0.321. The van der Waals surface area contributed by atoms with Crippen molar-refractivity contribution < 1.29 is 4.92 Å². The first-order chi connectivity index (χ1) is 8.49. The van der Waals surface area contributed by atoms with Crippen LogP contribution in [0.3, 0.4) is 0 Å². The smallest absolute Gasteiger partial charge is 0.293 e.